The summed E-state index contributed by atoms with van der Waals surface area (Å²) in [6.07, 6.45) is 5.24. The summed E-state index contributed by atoms with van der Waals surface area (Å²) < 4.78 is 12.8. The lowest BCUT2D eigenvalue weighted by Gasteiger charge is -1.97. The fraction of sp³-hybridized carbons (Fsp3) is 0.111. The second-order valence-corrected chi connectivity index (χ2v) is 2.16. The Bertz CT molecular complexity index is 299. The Balaban J connectivity index is 3.01. The van der Waals surface area contributed by atoms with Crippen LogP contribution < -0.4 is 0 Å². The van der Waals surface area contributed by atoms with E-state index < -0.39 is 5.82 Å². The van der Waals surface area contributed by atoms with Gasteiger partial charge in [0.2, 0.25) is 0 Å². The molecule has 0 spiro atoms. The molecule has 0 bridgehead atoms. The molecule has 1 aromatic rings. The van der Waals surface area contributed by atoms with Crippen molar-refractivity contribution in [2.45, 2.75) is 6.42 Å². The smallest absolute Gasteiger partial charge is 0.131 e. The van der Waals surface area contributed by atoms with Gasteiger partial charge in [0, 0.05) is 12.5 Å². The molecule has 0 atom stereocenters. The molecular formula is C9H7FO. The summed E-state index contributed by atoms with van der Waals surface area (Å²) in [7, 11) is 0. The fourth-order valence-corrected chi connectivity index (χ4v) is 0.790. The van der Waals surface area contributed by atoms with Gasteiger partial charge >= 0.3 is 0 Å². The van der Waals surface area contributed by atoms with Crippen molar-refractivity contribution >= 4 is 0 Å². The van der Waals surface area contributed by atoms with Gasteiger partial charge in [-0.2, -0.15) is 0 Å². The van der Waals surface area contributed by atoms with E-state index in [1.54, 1.807) is 0 Å². The van der Waals surface area contributed by atoms with Gasteiger partial charge in [-0.05, 0) is 11.6 Å². The van der Waals surface area contributed by atoms with E-state index in [0.29, 0.717) is 5.56 Å². The molecule has 0 aliphatic rings. The summed E-state index contributed by atoms with van der Waals surface area (Å²) in [5.41, 5.74) is 0.435. The SMILES string of the molecule is C#CCc1ccc(O)cc1F. The third-order valence-electron chi connectivity index (χ3n) is 1.33. The van der Waals surface area contributed by atoms with Crippen LogP contribution in [0.4, 0.5) is 4.39 Å². The van der Waals surface area contributed by atoms with Crippen LogP contribution in [-0.4, -0.2) is 5.11 Å². The zero-order valence-electron chi connectivity index (χ0n) is 5.84. The number of phenols is 1. The first kappa shape index (κ1) is 7.62. The second kappa shape index (κ2) is 3.07. The average molecular weight is 150 g/mol. The molecule has 1 nitrogen and oxygen atoms in total. The topological polar surface area (TPSA) is 20.2 Å². The van der Waals surface area contributed by atoms with Crippen molar-refractivity contribution in [3.05, 3.63) is 29.6 Å². The van der Waals surface area contributed by atoms with E-state index in [-0.39, 0.29) is 12.2 Å². The van der Waals surface area contributed by atoms with Gasteiger partial charge in [0.25, 0.3) is 0 Å². The van der Waals surface area contributed by atoms with E-state index in [1.807, 2.05) is 0 Å². The van der Waals surface area contributed by atoms with E-state index in [4.69, 9.17) is 11.5 Å². The zero-order valence-corrected chi connectivity index (χ0v) is 5.84. The van der Waals surface area contributed by atoms with E-state index in [9.17, 15) is 4.39 Å². The summed E-state index contributed by atoms with van der Waals surface area (Å²) >= 11 is 0. The van der Waals surface area contributed by atoms with Crippen LogP contribution >= 0.6 is 0 Å². The molecule has 11 heavy (non-hydrogen) atoms. The number of benzene rings is 1. The number of phenolic OH excluding ortho intramolecular Hbond substituents is 1. The summed E-state index contributed by atoms with van der Waals surface area (Å²) in [5.74, 6) is 1.79. The molecule has 0 saturated carbocycles. The molecule has 1 N–H and O–H groups in total. The molecule has 1 rings (SSSR count). The standard InChI is InChI=1S/C9H7FO/c1-2-3-7-4-5-8(11)6-9(7)10/h1,4-6,11H,3H2. The Hall–Kier alpha value is -1.49. The normalized spacial score (nSPS) is 9.09. The molecule has 0 aliphatic carbocycles. The predicted octanol–water partition coefficient (Wildman–Crippen LogP) is 1.71. The molecule has 0 fully saturated rings. The van der Waals surface area contributed by atoms with Crippen LogP contribution in [0.1, 0.15) is 5.56 Å². The van der Waals surface area contributed by atoms with Gasteiger partial charge in [0.1, 0.15) is 11.6 Å². The fourth-order valence-electron chi connectivity index (χ4n) is 0.790. The Morgan fingerprint density at radius 2 is 2.27 bits per heavy atom. The summed E-state index contributed by atoms with van der Waals surface area (Å²) in [5, 5.41) is 8.81. The third kappa shape index (κ3) is 1.71. The Morgan fingerprint density at radius 3 is 2.82 bits per heavy atom. The van der Waals surface area contributed by atoms with Gasteiger partial charge in [-0.3, -0.25) is 0 Å². The highest BCUT2D eigenvalue weighted by atomic mass is 19.1. The molecule has 0 heterocycles. The van der Waals surface area contributed by atoms with Crippen molar-refractivity contribution in [2.75, 3.05) is 0 Å². The van der Waals surface area contributed by atoms with E-state index in [2.05, 4.69) is 5.92 Å². The van der Waals surface area contributed by atoms with Gasteiger partial charge in [0.05, 0.1) is 0 Å². The molecule has 0 aliphatic heterocycles. The van der Waals surface area contributed by atoms with Gasteiger partial charge in [0.15, 0.2) is 0 Å². The lowest BCUT2D eigenvalue weighted by atomic mass is 10.1. The minimum absolute atomic E-state index is 0.0803. The maximum absolute atomic E-state index is 12.8. The number of aromatic hydroxyl groups is 1. The summed E-state index contributed by atoms with van der Waals surface area (Å²) in [6, 6.07) is 3.94. The first-order chi connectivity index (χ1) is 5.24. The summed E-state index contributed by atoms with van der Waals surface area (Å²) in [4.78, 5) is 0. The highest BCUT2D eigenvalue weighted by Gasteiger charge is 2.00. The number of hydrogen-bond donors (Lipinski definition) is 1. The number of halogens is 1. The lowest BCUT2D eigenvalue weighted by Crippen LogP contribution is -1.86. The quantitative estimate of drug-likeness (QED) is 0.604. The first-order valence-electron chi connectivity index (χ1n) is 3.15. The monoisotopic (exact) mass is 150 g/mol. The molecular weight excluding hydrogens is 143 g/mol. The minimum Gasteiger partial charge on any atom is -0.508 e. The van der Waals surface area contributed by atoms with Gasteiger partial charge < -0.3 is 5.11 Å². The van der Waals surface area contributed by atoms with Gasteiger partial charge in [-0.25, -0.2) is 4.39 Å². The van der Waals surface area contributed by atoms with Crippen LogP contribution in [0.3, 0.4) is 0 Å². The molecule has 0 unspecified atom stereocenters. The predicted molar refractivity (Wildman–Crippen MR) is 40.6 cm³/mol. The van der Waals surface area contributed by atoms with Gasteiger partial charge in [-0.1, -0.05) is 6.07 Å². The molecule has 0 amide bonds. The highest BCUT2D eigenvalue weighted by Crippen LogP contribution is 2.14. The second-order valence-electron chi connectivity index (χ2n) is 2.16. The Labute approximate surface area is 64.5 Å². The van der Waals surface area contributed by atoms with Crippen molar-refractivity contribution < 1.29 is 9.50 Å². The average Bonchev–Trinajstić information content (AvgIpc) is 1.95. The van der Waals surface area contributed by atoms with Crippen LogP contribution in [0.2, 0.25) is 0 Å². The minimum atomic E-state index is -0.456. The summed E-state index contributed by atoms with van der Waals surface area (Å²) in [6.45, 7) is 0. The lowest BCUT2D eigenvalue weighted by molar-refractivity contribution is 0.468. The van der Waals surface area contributed by atoms with Crippen molar-refractivity contribution in [2.24, 2.45) is 0 Å². The molecule has 56 valence electrons. The third-order valence-corrected chi connectivity index (χ3v) is 1.33. The largest absolute Gasteiger partial charge is 0.508 e. The molecule has 0 saturated heterocycles. The van der Waals surface area contributed by atoms with E-state index in [1.165, 1.54) is 12.1 Å². The maximum atomic E-state index is 12.8. The number of hydrogen-bond acceptors (Lipinski definition) is 1. The zero-order chi connectivity index (χ0) is 8.27. The van der Waals surface area contributed by atoms with E-state index >= 15 is 0 Å². The van der Waals surface area contributed by atoms with Crippen molar-refractivity contribution in [1.29, 1.82) is 0 Å². The number of terminal acetylenes is 1. The highest BCUT2D eigenvalue weighted by molar-refractivity contribution is 5.29. The number of rotatable bonds is 1. The van der Waals surface area contributed by atoms with Crippen LogP contribution in [-0.2, 0) is 6.42 Å². The van der Waals surface area contributed by atoms with Crippen LogP contribution in [0.5, 0.6) is 5.75 Å². The molecule has 2 heteroatoms. The van der Waals surface area contributed by atoms with Crippen LogP contribution in [0.25, 0.3) is 0 Å². The van der Waals surface area contributed by atoms with Crippen LogP contribution in [0.15, 0.2) is 18.2 Å². The van der Waals surface area contributed by atoms with Gasteiger partial charge in [-0.15, -0.1) is 12.3 Å². The van der Waals surface area contributed by atoms with Crippen molar-refractivity contribution in [3.8, 4) is 18.1 Å². The maximum Gasteiger partial charge on any atom is 0.131 e. The van der Waals surface area contributed by atoms with E-state index in [0.717, 1.165) is 6.07 Å². The Kier molecular flexibility index (Phi) is 2.12. The van der Waals surface area contributed by atoms with Crippen molar-refractivity contribution in [1.82, 2.24) is 0 Å². The Morgan fingerprint density at radius 1 is 1.55 bits per heavy atom. The molecule has 1 aromatic carbocycles. The molecule has 0 aromatic heterocycles. The van der Waals surface area contributed by atoms with Crippen molar-refractivity contribution in [3.63, 3.8) is 0 Å². The first-order valence-corrected chi connectivity index (χ1v) is 3.15. The van der Waals surface area contributed by atoms with Crippen LogP contribution in [0, 0.1) is 18.2 Å². The molecule has 0 radical (unpaired) electrons.